The quantitative estimate of drug-likeness (QED) is 0.635. The molecule has 0 fully saturated rings. The lowest BCUT2D eigenvalue weighted by Gasteiger charge is -2.10. The van der Waals surface area contributed by atoms with E-state index in [0.717, 1.165) is 35.0 Å². The van der Waals surface area contributed by atoms with Crippen molar-refractivity contribution < 1.29 is 9.47 Å². The van der Waals surface area contributed by atoms with Crippen LogP contribution in [0.2, 0.25) is 0 Å². The van der Waals surface area contributed by atoms with Gasteiger partial charge in [0.15, 0.2) is 17.3 Å². The van der Waals surface area contributed by atoms with Crippen molar-refractivity contribution >= 4 is 44.3 Å². The average molecular weight is 417 g/mol. The molecule has 7 heteroatoms. The number of aryl methyl sites for hydroxylation is 2. The van der Waals surface area contributed by atoms with E-state index in [1.807, 2.05) is 25.1 Å². The summed E-state index contributed by atoms with van der Waals surface area (Å²) in [5, 5.41) is 1.11. The van der Waals surface area contributed by atoms with Gasteiger partial charge in [-0.3, -0.25) is 4.79 Å². The number of thiophene rings is 1. The molecule has 0 spiro atoms. The lowest BCUT2D eigenvalue weighted by atomic mass is 9.97. The molecule has 0 atom stereocenters. The molecule has 0 saturated carbocycles. The van der Waals surface area contributed by atoms with Crippen molar-refractivity contribution in [2.24, 2.45) is 0 Å². The van der Waals surface area contributed by atoms with Gasteiger partial charge in [0.25, 0.3) is 5.56 Å². The van der Waals surface area contributed by atoms with Crippen molar-refractivity contribution in [3.05, 3.63) is 50.4 Å². The molecular formula is C21H21ClN2O3S. The van der Waals surface area contributed by atoms with Gasteiger partial charge in [-0.1, -0.05) is 17.7 Å². The summed E-state index contributed by atoms with van der Waals surface area (Å²) in [6, 6.07) is 5.56. The first-order valence-electron chi connectivity index (χ1n) is 9.33. The van der Waals surface area contributed by atoms with Gasteiger partial charge in [0.2, 0.25) is 0 Å². The molecule has 2 heterocycles. The number of H-pyrrole nitrogens is 1. The van der Waals surface area contributed by atoms with Crippen LogP contribution in [0.1, 0.15) is 41.6 Å². The van der Waals surface area contributed by atoms with Crippen LogP contribution >= 0.6 is 22.9 Å². The Morgan fingerprint density at radius 3 is 2.93 bits per heavy atom. The average Bonchev–Trinajstić information content (AvgIpc) is 3.07. The van der Waals surface area contributed by atoms with Gasteiger partial charge in [0, 0.05) is 4.88 Å². The summed E-state index contributed by atoms with van der Waals surface area (Å²) >= 11 is 8.12. The zero-order chi connectivity index (χ0) is 19.7. The molecule has 1 aliphatic carbocycles. The lowest BCUT2D eigenvalue weighted by Crippen LogP contribution is -2.12. The van der Waals surface area contributed by atoms with Crippen molar-refractivity contribution in [1.29, 1.82) is 0 Å². The first-order valence-corrected chi connectivity index (χ1v) is 10.5. The third-order valence-electron chi connectivity index (χ3n) is 4.83. The van der Waals surface area contributed by atoms with E-state index < -0.39 is 0 Å². The first kappa shape index (κ1) is 19.0. The Morgan fingerprint density at radius 1 is 1.32 bits per heavy atom. The molecule has 4 rings (SSSR count). The molecule has 28 heavy (non-hydrogen) atoms. The van der Waals surface area contributed by atoms with Gasteiger partial charge in [-0.2, -0.15) is 0 Å². The minimum Gasteiger partial charge on any atom is -0.493 e. The van der Waals surface area contributed by atoms with E-state index in [-0.39, 0.29) is 5.56 Å². The number of nitrogens with one attached hydrogen (secondary N) is 1. The van der Waals surface area contributed by atoms with Crippen molar-refractivity contribution in [3.8, 4) is 11.5 Å². The Labute approximate surface area is 172 Å². The maximum Gasteiger partial charge on any atom is 0.260 e. The monoisotopic (exact) mass is 416 g/mol. The van der Waals surface area contributed by atoms with Gasteiger partial charge in [-0.05, 0) is 61.9 Å². The summed E-state index contributed by atoms with van der Waals surface area (Å²) in [4.78, 5) is 22.2. The highest BCUT2D eigenvalue weighted by Gasteiger charge is 2.20. The van der Waals surface area contributed by atoms with Gasteiger partial charge in [-0.15, -0.1) is 11.3 Å². The van der Waals surface area contributed by atoms with E-state index >= 15 is 0 Å². The fourth-order valence-electron chi connectivity index (χ4n) is 3.54. The molecular weight excluding hydrogens is 396 g/mol. The minimum absolute atomic E-state index is 0.115. The second-order valence-corrected chi connectivity index (χ2v) is 8.13. The number of aromatic amines is 1. The summed E-state index contributed by atoms with van der Waals surface area (Å²) in [6.45, 7) is 2.45. The molecule has 0 amide bonds. The molecule has 0 radical (unpaired) electrons. The summed E-state index contributed by atoms with van der Waals surface area (Å²) < 4.78 is 10.9. The number of hydrogen-bond acceptors (Lipinski definition) is 5. The van der Waals surface area contributed by atoms with Crippen LogP contribution in [-0.2, 0) is 12.8 Å². The lowest BCUT2D eigenvalue weighted by molar-refractivity contribution is 0.311. The molecule has 2 aromatic heterocycles. The SMILES string of the molecule is CCOc1cc(/C=C(/Cl)c2nc3sc4c(c3c(=O)[nH]2)CCCC4)ccc1OC. The van der Waals surface area contributed by atoms with E-state index in [1.165, 1.54) is 16.9 Å². The summed E-state index contributed by atoms with van der Waals surface area (Å²) in [5.41, 5.74) is 1.89. The van der Waals surface area contributed by atoms with Gasteiger partial charge < -0.3 is 14.5 Å². The third-order valence-corrected chi connectivity index (χ3v) is 6.31. The maximum atomic E-state index is 12.7. The Bertz CT molecular complexity index is 1120. The van der Waals surface area contributed by atoms with Crippen LogP contribution in [-0.4, -0.2) is 23.7 Å². The van der Waals surface area contributed by atoms with Gasteiger partial charge in [-0.25, -0.2) is 4.98 Å². The predicted octanol–water partition coefficient (Wildman–Crippen LogP) is 5.01. The summed E-state index contributed by atoms with van der Waals surface area (Å²) in [7, 11) is 1.60. The van der Waals surface area contributed by atoms with Crippen molar-refractivity contribution in [2.45, 2.75) is 32.6 Å². The molecule has 5 nitrogen and oxygen atoms in total. The Hall–Kier alpha value is -2.31. The molecule has 3 aromatic rings. The summed E-state index contributed by atoms with van der Waals surface area (Å²) in [6.07, 6.45) is 6.04. The van der Waals surface area contributed by atoms with Gasteiger partial charge >= 0.3 is 0 Å². The van der Waals surface area contributed by atoms with E-state index in [0.29, 0.717) is 29.0 Å². The number of nitrogens with zero attached hydrogens (tertiary/aromatic N) is 1. The van der Waals surface area contributed by atoms with Crippen LogP contribution in [0.3, 0.4) is 0 Å². The largest absolute Gasteiger partial charge is 0.493 e. The first-order chi connectivity index (χ1) is 13.6. The maximum absolute atomic E-state index is 12.7. The zero-order valence-electron chi connectivity index (χ0n) is 15.8. The predicted molar refractivity (Wildman–Crippen MR) is 115 cm³/mol. The smallest absolute Gasteiger partial charge is 0.260 e. The Balaban J connectivity index is 1.73. The van der Waals surface area contributed by atoms with Crippen LogP contribution < -0.4 is 15.0 Å². The van der Waals surface area contributed by atoms with Crippen molar-refractivity contribution in [3.63, 3.8) is 0 Å². The highest BCUT2D eigenvalue weighted by molar-refractivity contribution is 7.18. The van der Waals surface area contributed by atoms with Crippen molar-refractivity contribution in [1.82, 2.24) is 9.97 Å². The number of halogens is 1. The highest BCUT2D eigenvalue weighted by Crippen LogP contribution is 2.34. The number of benzene rings is 1. The minimum atomic E-state index is -0.115. The third kappa shape index (κ3) is 3.54. The molecule has 146 valence electrons. The van der Waals surface area contributed by atoms with Crippen molar-refractivity contribution in [2.75, 3.05) is 13.7 Å². The van der Waals surface area contributed by atoms with Crippen LogP contribution in [0.5, 0.6) is 11.5 Å². The molecule has 1 aliphatic rings. The van der Waals surface area contributed by atoms with E-state index in [4.69, 9.17) is 21.1 Å². The van der Waals surface area contributed by atoms with Crippen LogP contribution in [0.15, 0.2) is 23.0 Å². The molecule has 1 N–H and O–H groups in total. The van der Waals surface area contributed by atoms with Gasteiger partial charge in [0.1, 0.15) is 4.83 Å². The number of hydrogen-bond donors (Lipinski definition) is 1. The standard InChI is InChI=1S/C21H21ClN2O3S/c1-3-27-16-11-12(8-9-15(16)26-2)10-14(22)19-23-20(25)18-13-6-4-5-7-17(13)28-21(18)24-19/h8-11H,3-7H2,1-2H3,(H,23,24,25)/b14-10+. The molecule has 0 saturated heterocycles. The van der Waals surface area contributed by atoms with Gasteiger partial charge in [0.05, 0.1) is 24.1 Å². The Kier molecular flexibility index (Phi) is 5.42. The van der Waals surface area contributed by atoms with Crippen LogP contribution in [0.4, 0.5) is 0 Å². The highest BCUT2D eigenvalue weighted by atomic mass is 35.5. The molecule has 0 unspecified atom stereocenters. The molecule has 0 aliphatic heterocycles. The Morgan fingerprint density at radius 2 is 2.14 bits per heavy atom. The van der Waals surface area contributed by atoms with E-state index in [1.54, 1.807) is 24.5 Å². The van der Waals surface area contributed by atoms with Crippen LogP contribution in [0, 0.1) is 0 Å². The fourth-order valence-corrected chi connectivity index (χ4v) is 5.02. The van der Waals surface area contributed by atoms with Crippen LogP contribution in [0.25, 0.3) is 21.3 Å². The fraction of sp³-hybridized carbons (Fsp3) is 0.333. The number of methoxy groups -OCH3 is 1. The second kappa shape index (κ2) is 7.97. The van der Waals surface area contributed by atoms with E-state index in [2.05, 4.69) is 9.97 Å². The molecule has 1 aromatic carbocycles. The van der Waals surface area contributed by atoms with E-state index in [9.17, 15) is 4.79 Å². The topological polar surface area (TPSA) is 64.2 Å². The summed E-state index contributed by atoms with van der Waals surface area (Å²) in [5.74, 6) is 1.69. The number of fused-ring (bicyclic) bond motifs is 3. The normalized spacial score (nSPS) is 14.2. The second-order valence-electron chi connectivity index (χ2n) is 6.64. The molecule has 0 bridgehead atoms. The number of aromatic nitrogens is 2. The number of ether oxygens (including phenoxy) is 2. The number of rotatable bonds is 5. The zero-order valence-corrected chi connectivity index (χ0v) is 17.4.